The van der Waals surface area contributed by atoms with E-state index in [1.54, 1.807) is 0 Å². The Labute approximate surface area is 136 Å². The Morgan fingerprint density at radius 3 is 2.52 bits per heavy atom. The lowest BCUT2D eigenvalue weighted by Gasteiger charge is -2.36. The second-order valence-corrected chi connectivity index (χ2v) is 6.48. The average Bonchev–Trinajstić information content (AvgIpc) is 2.82. The highest BCUT2D eigenvalue weighted by atomic mass is 15.2. The van der Waals surface area contributed by atoms with Crippen LogP contribution in [0.5, 0.6) is 0 Å². The summed E-state index contributed by atoms with van der Waals surface area (Å²) in [5, 5.41) is 0. The Kier molecular flexibility index (Phi) is 2.85. The molecule has 3 heterocycles. The molecule has 0 fully saturated rings. The summed E-state index contributed by atoms with van der Waals surface area (Å²) < 4.78 is 0. The van der Waals surface area contributed by atoms with Gasteiger partial charge in [-0.1, -0.05) is 54.6 Å². The Morgan fingerprint density at radius 1 is 0.870 bits per heavy atom. The van der Waals surface area contributed by atoms with Crippen LogP contribution in [0, 0.1) is 0 Å². The minimum atomic E-state index is 0.342. The first kappa shape index (κ1) is 13.0. The molecule has 0 N–H and O–H groups in total. The van der Waals surface area contributed by atoms with E-state index in [2.05, 4.69) is 76.7 Å². The molecule has 5 rings (SSSR count). The molecule has 2 atom stereocenters. The van der Waals surface area contributed by atoms with E-state index in [1.165, 1.54) is 27.8 Å². The van der Waals surface area contributed by atoms with Gasteiger partial charge in [0.25, 0.3) is 0 Å². The van der Waals surface area contributed by atoms with E-state index < -0.39 is 0 Å². The first-order valence-electron chi connectivity index (χ1n) is 8.23. The molecule has 2 aromatic carbocycles. The summed E-state index contributed by atoms with van der Waals surface area (Å²) in [7, 11) is 0. The second kappa shape index (κ2) is 5.04. The van der Waals surface area contributed by atoms with Crippen molar-refractivity contribution < 1.29 is 0 Å². The SMILES string of the molecule is c1ccc(CN2C3Cc4ccncc4C2c2ccccc23)cc1. The van der Waals surface area contributed by atoms with Gasteiger partial charge in [0.15, 0.2) is 0 Å². The van der Waals surface area contributed by atoms with E-state index in [-0.39, 0.29) is 0 Å². The highest BCUT2D eigenvalue weighted by Gasteiger charge is 2.43. The number of benzene rings is 2. The maximum Gasteiger partial charge on any atom is 0.0631 e. The maximum atomic E-state index is 4.40. The molecule has 0 spiro atoms. The van der Waals surface area contributed by atoms with E-state index in [1.807, 2.05) is 6.20 Å². The molecule has 0 amide bonds. The zero-order chi connectivity index (χ0) is 15.2. The predicted molar refractivity (Wildman–Crippen MR) is 91.0 cm³/mol. The van der Waals surface area contributed by atoms with Crippen LogP contribution in [0.15, 0.2) is 73.1 Å². The number of fused-ring (bicyclic) bond motifs is 7. The number of aromatic nitrogens is 1. The number of nitrogens with zero attached hydrogens (tertiary/aromatic N) is 2. The number of pyridine rings is 1. The van der Waals surface area contributed by atoms with Crippen molar-refractivity contribution in [1.29, 1.82) is 0 Å². The third kappa shape index (κ3) is 1.95. The lowest BCUT2D eigenvalue weighted by atomic mass is 9.93. The van der Waals surface area contributed by atoms with Gasteiger partial charge in [-0.05, 0) is 40.3 Å². The van der Waals surface area contributed by atoms with Crippen molar-refractivity contribution in [2.24, 2.45) is 0 Å². The summed E-state index contributed by atoms with van der Waals surface area (Å²) in [6.07, 6.45) is 5.07. The lowest BCUT2D eigenvalue weighted by Crippen LogP contribution is -2.32. The summed E-state index contributed by atoms with van der Waals surface area (Å²) in [6, 6.07) is 22.7. The molecule has 2 aliphatic heterocycles. The molecule has 0 saturated heterocycles. The summed E-state index contributed by atoms with van der Waals surface area (Å²) in [4.78, 5) is 7.05. The zero-order valence-electron chi connectivity index (χ0n) is 12.9. The van der Waals surface area contributed by atoms with Crippen molar-refractivity contribution in [2.75, 3.05) is 0 Å². The normalized spacial score (nSPS) is 21.7. The number of hydrogen-bond donors (Lipinski definition) is 0. The first-order valence-corrected chi connectivity index (χ1v) is 8.23. The third-order valence-corrected chi connectivity index (χ3v) is 5.24. The predicted octanol–water partition coefficient (Wildman–Crippen LogP) is 4.28. The first-order chi connectivity index (χ1) is 11.4. The summed E-state index contributed by atoms with van der Waals surface area (Å²) in [5.74, 6) is 0. The molecule has 0 saturated carbocycles. The fourth-order valence-electron chi connectivity index (χ4n) is 4.25. The standard InChI is InChI=1S/C21H18N2/c1-2-6-15(7-3-1)14-23-20-12-16-10-11-22-13-19(16)21(23)18-9-5-4-8-17(18)20/h1-11,13,20-21H,12,14H2. The molecule has 2 bridgehead atoms. The molecule has 0 radical (unpaired) electrons. The van der Waals surface area contributed by atoms with Gasteiger partial charge in [-0.25, -0.2) is 0 Å². The molecule has 2 heteroatoms. The van der Waals surface area contributed by atoms with Crippen LogP contribution in [0.1, 0.15) is 39.9 Å². The molecule has 0 aliphatic carbocycles. The maximum absolute atomic E-state index is 4.40. The van der Waals surface area contributed by atoms with Gasteiger partial charge in [0.2, 0.25) is 0 Å². The van der Waals surface area contributed by atoms with E-state index in [4.69, 9.17) is 0 Å². The topological polar surface area (TPSA) is 16.1 Å². The Hall–Kier alpha value is -2.45. The molecular formula is C21H18N2. The molecule has 2 nitrogen and oxygen atoms in total. The number of hydrogen-bond acceptors (Lipinski definition) is 2. The third-order valence-electron chi connectivity index (χ3n) is 5.24. The molecule has 112 valence electrons. The van der Waals surface area contributed by atoms with Gasteiger partial charge in [-0.3, -0.25) is 9.88 Å². The Morgan fingerprint density at radius 2 is 1.65 bits per heavy atom. The van der Waals surface area contributed by atoms with E-state index in [0.29, 0.717) is 12.1 Å². The molecule has 2 aliphatic rings. The molecule has 1 aromatic heterocycles. The van der Waals surface area contributed by atoms with Crippen molar-refractivity contribution in [1.82, 2.24) is 9.88 Å². The fraction of sp³-hybridized carbons (Fsp3) is 0.190. The highest BCUT2D eigenvalue weighted by molar-refractivity contribution is 5.49. The van der Waals surface area contributed by atoms with Crippen molar-refractivity contribution in [3.8, 4) is 0 Å². The van der Waals surface area contributed by atoms with Crippen molar-refractivity contribution in [2.45, 2.75) is 25.0 Å². The van der Waals surface area contributed by atoms with Crippen LogP contribution in [0.4, 0.5) is 0 Å². The van der Waals surface area contributed by atoms with Crippen molar-refractivity contribution >= 4 is 0 Å². The second-order valence-electron chi connectivity index (χ2n) is 6.48. The van der Waals surface area contributed by atoms with Crippen LogP contribution in [-0.4, -0.2) is 9.88 Å². The molecule has 2 unspecified atom stereocenters. The van der Waals surface area contributed by atoms with Gasteiger partial charge in [0, 0.05) is 25.0 Å². The Bertz CT molecular complexity index is 845. The summed E-state index contributed by atoms with van der Waals surface area (Å²) in [5.41, 5.74) is 7.16. The Balaban J connectivity index is 1.64. The fourth-order valence-corrected chi connectivity index (χ4v) is 4.25. The van der Waals surface area contributed by atoms with Gasteiger partial charge in [0.1, 0.15) is 0 Å². The van der Waals surface area contributed by atoms with Crippen LogP contribution in [-0.2, 0) is 13.0 Å². The number of rotatable bonds is 2. The average molecular weight is 298 g/mol. The minimum Gasteiger partial charge on any atom is -0.281 e. The molecule has 3 aromatic rings. The minimum absolute atomic E-state index is 0.342. The van der Waals surface area contributed by atoms with Gasteiger partial charge in [-0.15, -0.1) is 0 Å². The van der Waals surface area contributed by atoms with Crippen LogP contribution >= 0.6 is 0 Å². The zero-order valence-corrected chi connectivity index (χ0v) is 12.9. The monoisotopic (exact) mass is 298 g/mol. The summed E-state index contributed by atoms with van der Waals surface area (Å²) in [6.45, 7) is 0.985. The van der Waals surface area contributed by atoms with Gasteiger partial charge >= 0.3 is 0 Å². The van der Waals surface area contributed by atoms with Crippen LogP contribution < -0.4 is 0 Å². The lowest BCUT2D eigenvalue weighted by molar-refractivity contribution is 0.158. The van der Waals surface area contributed by atoms with E-state index >= 15 is 0 Å². The van der Waals surface area contributed by atoms with Crippen molar-refractivity contribution in [3.63, 3.8) is 0 Å². The smallest absolute Gasteiger partial charge is 0.0631 e. The van der Waals surface area contributed by atoms with Gasteiger partial charge in [-0.2, -0.15) is 0 Å². The van der Waals surface area contributed by atoms with Crippen LogP contribution in [0.2, 0.25) is 0 Å². The van der Waals surface area contributed by atoms with Crippen LogP contribution in [0.25, 0.3) is 0 Å². The van der Waals surface area contributed by atoms with E-state index in [9.17, 15) is 0 Å². The van der Waals surface area contributed by atoms with E-state index in [0.717, 1.165) is 13.0 Å². The highest BCUT2D eigenvalue weighted by Crippen LogP contribution is 2.51. The quantitative estimate of drug-likeness (QED) is 0.702. The van der Waals surface area contributed by atoms with Gasteiger partial charge in [0.05, 0.1) is 6.04 Å². The summed E-state index contributed by atoms with van der Waals surface area (Å²) >= 11 is 0. The largest absolute Gasteiger partial charge is 0.281 e. The van der Waals surface area contributed by atoms with Crippen molar-refractivity contribution in [3.05, 3.63) is 101 Å². The molecular weight excluding hydrogens is 280 g/mol. The van der Waals surface area contributed by atoms with Crippen LogP contribution in [0.3, 0.4) is 0 Å². The van der Waals surface area contributed by atoms with Gasteiger partial charge < -0.3 is 0 Å². The molecule has 23 heavy (non-hydrogen) atoms.